The molecule has 0 saturated heterocycles. The van der Waals surface area contributed by atoms with Crippen LogP contribution in [-0.4, -0.2) is 23.3 Å². The van der Waals surface area contributed by atoms with E-state index in [9.17, 15) is 19.7 Å². The third kappa shape index (κ3) is 5.31. The highest BCUT2D eigenvalue weighted by Gasteiger charge is 2.12. The maximum absolute atomic E-state index is 11.9. The zero-order valence-corrected chi connectivity index (χ0v) is 13.5. The molecular formula is C17H17N3O5. The Morgan fingerprint density at radius 3 is 2.48 bits per heavy atom. The highest BCUT2D eigenvalue weighted by atomic mass is 16.6. The van der Waals surface area contributed by atoms with Crippen LogP contribution in [0.15, 0.2) is 48.5 Å². The van der Waals surface area contributed by atoms with Crippen LogP contribution in [0.5, 0.6) is 5.75 Å². The van der Waals surface area contributed by atoms with Crippen LogP contribution in [0.2, 0.25) is 0 Å². The van der Waals surface area contributed by atoms with Gasteiger partial charge in [-0.3, -0.25) is 30.6 Å². The van der Waals surface area contributed by atoms with Crippen molar-refractivity contribution in [1.82, 2.24) is 10.9 Å². The van der Waals surface area contributed by atoms with Crippen LogP contribution in [-0.2, 0) is 11.2 Å². The van der Waals surface area contributed by atoms with Gasteiger partial charge in [-0.15, -0.1) is 0 Å². The average Bonchev–Trinajstić information content (AvgIpc) is 2.61. The molecule has 0 aliphatic rings. The molecule has 2 rings (SSSR count). The molecular weight excluding hydrogens is 326 g/mol. The standard InChI is InChI=1S/C17H17N3O5/c1-2-25-15-8-6-12(7-9-15)10-16(21)18-19-17(22)13-4-3-5-14(11-13)20(23)24/h3-9,11H,2,10H2,1H3,(H,18,21)(H,19,22). The molecule has 2 amide bonds. The minimum absolute atomic E-state index is 0.0711. The lowest BCUT2D eigenvalue weighted by atomic mass is 10.1. The Bertz CT molecular complexity index is 774. The number of rotatable bonds is 6. The van der Waals surface area contributed by atoms with Gasteiger partial charge in [0.25, 0.3) is 11.6 Å². The third-order valence-electron chi connectivity index (χ3n) is 3.23. The quantitative estimate of drug-likeness (QED) is 0.615. The Morgan fingerprint density at radius 1 is 1.12 bits per heavy atom. The fourth-order valence-corrected chi connectivity index (χ4v) is 2.06. The average molecular weight is 343 g/mol. The van der Waals surface area contributed by atoms with Crippen molar-refractivity contribution in [1.29, 1.82) is 0 Å². The molecule has 0 bridgehead atoms. The highest BCUT2D eigenvalue weighted by Crippen LogP contribution is 2.13. The number of nitrogens with one attached hydrogen (secondary N) is 2. The van der Waals surface area contributed by atoms with E-state index in [1.807, 2.05) is 6.92 Å². The lowest BCUT2D eigenvalue weighted by Gasteiger charge is -2.08. The Kier molecular flexibility index (Phi) is 6.05. The van der Waals surface area contributed by atoms with Crippen molar-refractivity contribution in [2.24, 2.45) is 0 Å². The van der Waals surface area contributed by atoms with Gasteiger partial charge in [0.05, 0.1) is 18.0 Å². The second-order valence-electron chi connectivity index (χ2n) is 5.06. The second-order valence-corrected chi connectivity index (χ2v) is 5.06. The lowest BCUT2D eigenvalue weighted by Crippen LogP contribution is -2.42. The molecule has 130 valence electrons. The maximum atomic E-state index is 11.9. The van der Waals surface area contributed by atoms with Crippen LogP contribution in [0.3, 0.4) is 0 Å². The number of carbonyl (C=O) groups excluding carboxylic acids is 2. The van der Waals surface area contributed by atoms with Gasteiger partial charge in [0.15, 0.2) is 0 Å². The van der Waals surface area contributed by atoms with Crippen molar-refractivity contribution < 1.29 is 19.2 Å². The summed E-state index contributed by atoms with van der Waals surface area (Å²) in [6, 6.07) is 12.3. The number of nitro groups is 1. The van der Waals surface area contributed by atoms with E-state index in [1.54, 1.807) is 24.3 Å². The summed E-state index contributed by atoms with van der Waals surface area (Å²) < 4.78 is 5.31. The molecule has 8 nitrogen and oxygen atoms in total. The number of hydrogen-bond donors (Lipinski definition) is 2. The Labute approximate surface area is 143 Å². The molecule has 2 aromatic rings. The second kappa shape index (κ2) is 8.44. The van der Waals surface area contributed by atoms with E-state index in [4.69, 9.17) is 4.74 Å². The summed E-state index contributed by atoms with van der Waals surface area (Å²) in [4.78, 5) is 33.9. The summed E-state index contributed by atoms with van der Waals surface area (Å²) >= 11 is 0. The van der Waals surface area contributed by atoms with Crippen LogP contribution in [0, 0.1) is 10.1 Å². The molecule has 0 aliphatic heterocycles. The molecule has 0 aromatic heterocycles. The van der Waals surface area contributed by atoms with Gasteiger partial charge in [0.2, 0.25) is 5.91 Å². The number of ether oxygens (including phenoxy) is 1. The SMILES string of the molecule is CCOc1ccc(CC(=O)NNC(=O)c2cccc([N+](=O)[O-])c2)cc1. The largest absolute Gasteiger partial charge is 0.494 e. The van der Waals surface area contributed by atoms with E-state index in [0.717, 1.165) is 11.6 Å². The van der Waals surface area contributed by atoms with Crippen molar-refractivity contribution in [3.05, 3.63) is 69.8 Å². The van der Waals surface area contributed by atoms with Crippen LogP contribution in [0.1, 0.15) is 22.8 Å². The van der Waals surface area contributed by atoms with Gasteiger partial charge in [-0.05, 0) is 30.7 Å². The number of carbonyl (C=O) groups is 2. The maximum Gasteiger partial charge on any atom is 0.270 e. The molecule has 2 aromatic carbocycles. The molecule has 25 heavy (non-hydrogen) atoms. The first kappa shape index (κ1) is 17.9. The van der Waals surface area contributed by atoms with Gasteiger partial charge in [0, 0.05) is 17.7 Å². The number of nitro benzene ring substituents is 1. The number of non-ortho nitro benzene ring substituents is 1. The lowest BCUT2D eigenvalue weighted by molar-refractivity contribution is -0.384. The summed E-state index contributed by atoms with van der Waals surface area (Å²) in [6.45, 7) is 2.44. The molecule has 0 spiro atoms. The number of nitrogens with zero attached hydrogens (tertiary/aromatic N) is 1. The molecule has 0 saturated carbocycles. The number of hydrazine groups is 1. The molecule has 0 fully saturated rings. The van der Waals surface area contributed by atoms with Gasteiger partial charge in [-0.2, -0.15) is 0 Å². The summed E-state index contributed by atoms with van der Waals surface area (Å²) in [5, 5.41) is 10.7. The smallest absolute Gasteiger partial charge is 0.270 e. The van der Waals surface area contributed by atoms with Gasteiger partial charge < -0.3 is 4.74 Å². The molecule has 0 aliphatic carbocycles. The van der Waals surface area contributed by atoms with Gasteiger partial charge in [-0.1, -0.05) is 18.2 Å². The predicted molar refractivity (Wildman–Crippen MR) is 90.0 cm³/mol. The van der Waals surface area contributed by atoms with E-state index in [0.29, 0.717) is 12.4 Å². The van der Waals surface area contributed by atoms with E-state index in [2.05, 4.69) is 10.9 Å². The fourth-order valence-electron chi connectivity index (χ4n) is 2.06. The van der Waals surface area contributed by atoms with Gasteiger partial charge in [-0.25, -0.2) is 0 Å². The fraction of sp³-hybridized carbons (Fsp3) is 0.176. The van der Waals surface area contributed by atoms with Crippen LogP contribution in [0.4, 0.5) is 5.69 Å². The third-order valence-corrected chi connectivity index (χ3v) is 3.23. The van der Waals surface area contributed by atoms with Crippen LogP contribution < -0.4 is 15.6 Å². The van der Waals surface area contributed by atoms with E-state index >= 15 is 0 Å². The first-order valence-electron chi connectivity index (χ1n) is 7.55. The first-order chi connectivity index (χ1) is 12.0. The van der Waals surface area contributed by atoms with Gasteiger partial charge >= 0.3 is 0 Å². The topological polar surface area (TPSA) is 111 Å². The van der Waals surface area contributed by atoms with Crippen molar-refractivity contribution in [2.75, 3.05) is 6.61 Å². The molecule has 0 heterocycles. The zero-order valence-electron chi connectivity index (χ0n) is 13.5. The molecule has 2 N–H and O–H groups in total. The summed E-state index contributed by atoms with van der Waals surface area (Å²) in [6.07, 6.45) is 0.0711. The predicted octanol–water partition coefficient (Wildman–Crippen LogP) is 2.00. The summed E-state index contributed by atoms with van der Waals surface area (Å²) in [5.74, 6) is -0.336. The minimum Gasteiger partial charge on any atom is -0.494 e. The monoisotopic (exact) mass is 343 g/mol. The van der Waals surface area contributed by atoms with Crippen LogP contribution >= 0.6 is 0 Å². The molecule has 0 unspecified atom stereocenters. The Hall–Kier alpha value is -3.42. The zero-order chi connectivity index (χ0) is 18.2. The van der Waals surface area contributed by atoms with Gasteiger partial charge in [0.1, 0.15) is 5.75 Å². The Balaban J connectivity index is 1.87. The highest BCUT2D eigenvalue weighted by molar-refractivity contribution is 5.96. The Morgan fingerprint density at radius 2 is 1.84 bits per heavy atom. The minimum atomic E-state index is -0.635. The first-order valence-corrected chi connectivity index (χ1v) is 7.55. The van der Waals surface area contributed by atoms with E-state index in [1.165, 1.54) is 18.2 Å². The van der Waals surface area contributed by atoms with Crippen molar-refractivity contribution >= 4 is 17.5 Å². The number of hydrogen-bond acceptors (Lipinski definition) is 5. The van der Waals surface area contributed by atoms with E-state index in [-0.39, 0.29) is 17.7 Å². The number of benzene rings is 2. The summed E-state index contributed by atoms with van der Waals surface area (Å²) in [7, 11) is 0. The molecule has 0 atom stereocenters. The number of amides is 2. The molecule has 0 radical (unpaired) electrons. The van der Waals surface area contributed by atoms with Crippen molar-refractivity contribution in [2.45, 2.75) is 13.3 Å². The van der Waals surface area contributed by atoms with Crippen molar-refractivity contribution in [3.8, 4) is 5.75 Å². The summed E-state index contributed by atoms with van der Waals surface area (Å²) in [5.41, 5.74) is 5.14. The van der Waals surface area contributed by atoms with E-state index < -0.39 is 16.7 Å². The normalized spacial score (nSPS) is 9.96. The van der Waals surface area contributed by atoms with Crippen molar-refractivity contribution in [3.63, 3.8) is 0 Å². The van der Waals surface area contributed by atoms with Crippen LogP contribution in [0.25, 0.3) is 0 Å². The molecule has 8 heteroatoms.